The quantitative estimate of drug-likeness (QED) is 0.782. The van der Waals surface area contributed by atoms with Crippen LogP contribution in [0.3, 0.4) is 0 Å². The van der Waals surface area contributed by atoms with Gasteiger partial charge in [0.1, 0.15) is 5.69 Å². The van der Waals surface area contributed by atoms with Gasteiger partial charge in [0, 0.05) is 25.0 Å². The van der Waals surface area contributed by atoms with Crippen LogP contribution >= 0.6 is 0 Å². The first kappa shape index (κ1) is 19.4. The fourth-order valence-electron chi connectivity index (χ4n) is 2.65. The number of aryl methyl sites for hydroxylation is 1. The summed E-state index contributed by atoms with van der Waals surface area (Å²) >= 11 is 0. The van der Waals surface area contributed by atoms with Crippen LogP contribution < -0.4 is 16.1 Å². The third-order valence-corrected chi connectivity index (χ3v) is 4.01. The Labute approximate surface area is 153 Å². The Morgan fingerprint density at radius 2 is 1.77 bits per heavy atom. The molecule has 2 amide bonds. The highest BCUT2D eigenvalue weighted by Gasteiger charge is 2.21. The van der Waals surface area contributed by atoms with Crippen LogP contribution in [0.2, 0.25) is 0 Å². The molecule has 26 heavy (non-hydrogen) atoms. The highest BCUT2D eigenvalue weighted by molar-refractivity contribution is 6.39. The molecule has 1 aromatic carbocycles. The Bertz CT molecular complexity index is 813. The number of pyridine rings is 1. The summed E-state index contributed by atoms with van der Waals surface area (Å²) in [6, 6.07) is 10.6. The average Bonchev–Trinajstić information content (AvgIpc) is 2.63. The number of benzene rings is 1. The molecule has 6 heteroatoms. The minimum atomic E-state index is -0.847. The zero-order valence-electron chi connectivity index (χ0n) is 15.4. The second-order valence-corrected chi connectivity index (χ2v) is 6.57. The molecule has 2 rings (SSSR count). The lowest BCUT2D eigenvalue weighted by atomic mass is 9.97. The smallest absolute Gasteiger partial charge is 0.313 e. The van der Waals surface area contributed by atoms with Crippen molar-refractivity contribution < 1.29 is 9.59 Å². The van der Waals surface area contributed by atoms with Gasteiger partial charge >= 0.3 is 11.8 Å². The van der Waals surface area contributed by atoms with Gasteiger partial charge in [-0.2, -0.15) is 0 Å². The third-order valence-electron chi connectivity index (χ3n) is 4.01. The molecule has 6 nitrogen and oxygen atoms in total. The molecule has 0 aliphatic heterocycles. The number of hydrogen-bond donors (Lipinski definition) is 2. The normalized spacial score (nSPS) is 11.8. The second-order valence-electron chi connectivity index (χ2n) is 6.57. The molecule has 2 N–H and O–H groups in total. The largest absolute Gasteiger partial charge is 0.352 e. The van der Waals surface area contributed by atoms with Crippen LogP contribution in [-0.2, 0) is 16.1 Å². The van der Waals surface area contributed by atoms with Crippen molar-refractivity contribution in [2.24, 2.45) is 5.92 Å². The van der Waals surface area contributed by atoms with Gasteiger partial charge in [-0.25, -0.2) is 0 Å². The molecule has 0 radical (unpaired) electrons. The summed E-state index contributed by atoms with van der Waals surface area (Å²) in [6.07, 6.45) is 3.86. The molecule has 0 fully saturated rings. The summed E-state index contributed by atoms with van der Waals surface area (Å²) in [5.74, 6) is -1.26. The summed E-state index contributed by atoms with van der Waals surface area (Å²) in [6.45, 7) is 6.68. The molecule has 0 unspecified atom stereocenters. The lowest BCUT2D eigenvalue weighted by Gasteiger charge is -2.21. The van der Waals surface area contributed by atoms with Crippen molar-refractivity contribution in [3.63, 3.8) is 0 Å². The number of nitrogens with one attached hydrogen (secondary N) is 2. The number of amides is 2. The van der Waals surface area contributed by atoms with Crippen LogP contribution in [0.4, 0.5) is 5.69 Å². The SMILES string of the molecule is CCn1ccc(=O)c(NC(=O)C(=O)N[C@@H](CC(C)C)c2ccccc2)c1. The lowest BCUT2D eigenvalue weighted by Crippen LogP contribution is -2.39. The number of anilines is 1. The van der Waals surface area contributed by atoms with E-state index in [9.17, 15) is 14.4 Å². The van der Waals surface area contributed by atoms with Gasteiger partial charge in [0.25, 0.3) is 0 Å². The number of nitrogens with zero attached hydrogens (tertiary/aromatic N) is 1. The molecule has 2 aromatic rings. The number of carbonyl (C=O) groups excluding carboxylic acids is 2. The van der Waals surface area contributed by atoms with E-state index in [4.69, 9.17) is 0 Å². The van der Waals surface area contributed by atoms with Crippen molar-refractivity contribution in [3.8, 4) is 0 Å². The Hall–Kier alpha value is -2.89. The van der Waals surface area contributed by atoms with Crippen molar-refractivity contribution in [2.75, 3.05) is 5.32 Å². The maximum Gasteiger partial charge on any atom is 0.313 e. The van der Waals surface area contributed by atoms with Gasteiger partial charge in [-0.05, 0) is 24.8 Å². The first-order valence-corrected chi connectivity index (χ1v) is 8.77. The Balaban J connectivity index is 2.11. The van der Waals surface area contributed by atoms with Crippen LogP contribution in [0.1, 0.15) is 38.8 Å². The predicted molar refractivity (Wildman–Crippen MR) is 102 cm³/mol. The van der Waals surface area contributed by atoms with Crippen molar-refractivity contribution >= 4 is 17.5 Å². The fraction of sp³-hybridized carbons (Fsp3) is 0.350. The first-order chi connectivity index (χ1) is 12.4. The van der Waals surface area contributed by atoms with Crippen LogP contribution in [0.5, 0.6) is 0 Å². The van der Waals surface area contributed by atoms with E-state index >= 15 is 0 Å². The molecule has 1 aromatic heterocycles. The maximum atomic E-state index is 12.3. The van der Waals surface area contributed by atoms with Gasteiger partial charge < -0.3 is 15.2 Å². The summed E-state index contributed by atoms with van der Waals surface area (Å²) in [7, 11) is 0. The molecule has 0 aliphatic rings. The topological polar surface area (TPSA) is 80.2 Å². The van der Waals surface area contributed by atoms with Crippen LogP contribution in [0, 0.1) is 5.92 Å². The molecule has 0 saturated carbocycles. The zero-order chi connectivity index (χ0) is 19.1. The predicted octanol–water partition coefficient (Wildman–Crippen LogP) is 2.71. The number of aromatic nitrogens is 1. The van der Waals surface area contributed by atoms with E-state index in [0.29, 0.717) is 18.9 Å². The monoisotopic (exact) mass is 355 g/mol. The van der Waals surface area contributed by atoms with Gasteiger partial charge in [-0.15, -0.1) is 0 Å². The number of carbonyl (C=O) groups is 2. The standard InChI is InChI=1S/C20H25N3O3/c1-4-23-11-10-18(24)17(13-23)22-20(26)19(25)21-16(12-14(2)3)15-8-6-5-7-9-15/h5-11,13-14,16H,4,12H2,1-3H3,(H,21,25)(H,22,26)/t16-/m0/s1. The number of rotatable bonds is 6. The minimum Gasteiger partial charge on any atom is -0.352 e. The fourth-order valence-corrected chi connectivity index (χ4v) is 2.65. The van der Waals surface area contributed by atoms with Crippen molar-refractivity contribution in [1.29, 1.82) is 0 Å². The number of hydrogen-bond acceptors (Lipinski definition) is 3. The molecular weight excluding hydrogens is 330 g/mol. The Morgan fingerprint density at radius 1 is 1.08 bits per heavy atom. The Kier molecular flexibility index (Phi) is 6.72. The van der Waals surface area contributed by atoms with E-state index in [1.165, 1.54) is 12.3 Å². The zero-order valence-corrected chi connectivity index (χ0v) is 15.4. The van der Waals surface area contributed by atoms with E-state index in [-0.39, 0.29) is 17.2 Å². The van der Waals surface area contributed by atoms with E-state index in [2.05, 4.69) is 24.5 Å². The minimum absolute atomic E-state index is 0.0922. The molecule has 0 spiro atoms. The summed E-state index contributed by atoms with van der Waals surface area (Å²) < 4.78 is 1.75. The molecular formula is C20H25N3O3. The van der Waals surface area contributed by atoms with Crippen molar-refractivity contribution in [1.82, 2.24) is 9.88 Å². The van der Waals surface area contributed by atoms with Gasteiger partial charge in [0.2, 0.25) is 5.43 Å². The lowest BCUT2D eigenvalue weighted by molar-refractivity contribution is -0.136. The van der Waals surface area contributed by atoms with E-state index in [1.54, 1.807) is 10.8 Å². The molecule has 0 saturated heterocycles. The second kappa shape index (κ2) is 8.99. The molecule has 0 aliphatic carbocycles. The molecule has 1 atom stereocenters. The van der Waals surface area contributed by atoms with E-state index in [1.807, 2.05) is 37.3 Å². The summed E-state index contributed by atoms with van der Waals surface area (Å²) in [4.78, 5) is 36.5. The van der Waals surface area contributed by atoms with Crippen LogP contribution in [-0.4, -0.2) is 16.4 Å². The van der Waals surface area contributed by atoms with Gasteiger partial charge in [-0.3, -0.25) is 14.4 Å². The van der Waals surface area contributed by atoms with Gasteiger partial charge in [-0.1, -0.05) is 44.2 Å². The molecule has 0 bridgehead atoms. The van der Waals surface area contributed by atoms with Crippen LogP contribution in [0.15, 0.2) is 53.6 Å². The van der Waals surface area contributed by atoms with E-state index in [0.717, 1.165) is 5.56 Å². The Morgan fingerprint density at radius 3 is 2.38 bits per heavy atom. The molecule has 138 valence electrons. The summed E-state index contributed by atoms with van der Waals surface area (Å²) in [5, 5.41) is 5.18. The highest BCUT2D eigenvalue weighted by atomic mass is 16.2. The average molecular weight is 355 g/mol. The summed E-state index contributed by atoms with van der Waals surface area (Å²) in [5.41, 5.74) is 0.697. The van der Waals surface area contributed by atoms with Crippen LogP contribution in [0.25, 0.3) is 0 Å². The van der Waals surface area contributed by atoms with Crippen molar-refractivity contribution in [3.05, 3.63) is 64.6 Å². The van der Waals surface area contributed by atoms with E-state index < -0.39 is 11.8 Å². The third kappa shape index (κ3) is 5.31. The first-order valence-electron chi connectivity index (χ1n) is 8.77. The highest BCUT2D eigenvalue weighted by Crippen LogP contribution is 2.21. The van der Waals surface area contributed by atoms with Crippen molar-refractivity contribution in [2.45, 2.75) is 39.8 Å². The van der Waals surface area contributed by atoms with Gasteiger partial charge in [0.05, 0.1) is 6.04 Å². The van der Waals surface area contributed by atoms with Gasteiger partial charge in [0.15, 0.2) is 0 Å². The molecule has 1 heterocycles. The maximum absolute atomic E-state index is 12.3.